The third-order valence-electron chi connectivity index (χ3n) is 4.55. The zero-order chi connectivity index (χ0) is 17.1. The van der Waals surface area contributed by atoms with Crippen LogP contribution in [0.1, 0.15) is 42.6 Å². The number of ether oxygens (including phenoxy) is 1. The number of nitrogens with two attached hydrogens (primary N) is 1. The van der Waals surface area contributed by atoms with Gasteiger partial charge in [-0.15, -0.1) is 0 Å². The van der Waals surface area contributed by atoms with Gasteiger partial charge in [0.15, 0.2) is 0 Å². The van der Waals surface area contributed by atoms with Gasteiger partial charge >= 0.3 is 0 Å². The van der Waals surface area contributed by atoms with Gasteiger partial charge in [0.1, 0.15) is 5.75 Å². The largest absolute Gasteiger partial charge is 0.491 e. The number of carbonyl (C=O) groups excluding carboxylic acids is 1. The van der Waals surface area contributed by atoms with Gasteiger partial charge in [0.05, 0.1) is 6.10 Å². The highest BCUT2D eigenvalue weighted by Crippen LogP contribution is 2.32. The van der Waals surface area contributed by atoms with E-state index in [-0.39, 0.29) is 12.0 Å². The molecule has 126 valence electrons. The van der Waals surface area contributed by atoms with E-state index in [9.17, 15) is 4.79 Å². The van der Waals surface area contributed by atoms with Gasteiger partial charge in [0.25, 0.3) is 5.91 Å². The molecule has 2 N–H and O–H groups in total. The van der Waals surface area contributed by atoms with Crippen molar-refractivity contribution >= 4 is 17.3 Å². The van der Waals surface area contributed by atoms with Gasteiger partial charge in [-0.1, -0.05) is 13.0 Å². The summed E-state index contributed by atoms with van der Waals surface area (Å²) in [6.07, 6.45) is 2.98. The summed E-state index contributed by atoms with van der Waals surface area (Å²) in [5.41, 5.74) is 9.52. The van der Waals surface area contributed by atoms with Crippen LogP contribution in [0.25, 0.3) is 0 Å². The summed E-state index contributed by atoms with van der Waals surface area (Å²) in [4.78, 5) is 14.7. The maximum Gasteiger partial charge on any atom is 0.258 e. The molecule has 1 aliphatic rings. The molecule has 0 spiro atoms. The van der Waals surface area contributed by atoms with Crippen molar-refractivity contribution in [3.8, 4) is 5.75 Å². The van der Waals surface area contributed by atoms with Crippen LogP contribution in [0.5, 0.6) is 5.75 Å². The quantitative estimate of drug-likeness (QED) is 0.864. The fourth-order valence-electron chi connectivity index (χ4n) is 3.01. The minimum Gasteiger partial charge on any atom is -0.491 e. The number of nitrogen functional groups attached to an aromatic ring is 1. The third-order valence-corrected chi connectivity index (χ3v) is 4.55. The van der Waals surface area contributed by atoms with Gasteiger partial charge < -0.3 is 15.4 Å². The molecule has 0 aromatic heterocycles. The number of rotatable bonds is 4. The third kappa shape index (κ3) is 3.23. The second-order valence-corrected chi connectivity index (χ2v) is 6.27. The van der Waals surface area contributed by atoms with Crippen LogP contribution in [0.4, 0.5) is 11.4 Å². The van der Waals surface area contributed by atoms with E-state index < -0.39 is 0 Å². The predicted octanol–water partition coefficient (Wildman–Crippen LogP) is 4.04. The Morgan fingerprint density at radius 1 is 1.25 bits per heavy atom. The van der Waals surface area contributed by atoms with Crippen LogP contribution in [0, 0.1) is 0 Å². The van der Waals surface area contributed by atoms with Crippen LogP contribution < -0.4 is 15.4 Å². The molecule has 1 aliphatic heterocycles. The molecular formula is C20H24N2O2. The molecule has 1 atom stereocenters. The molecule has 0 fully saturated rings. The van der Waals surface area contributed by atoms with Crippen LogP contribution in [0.2, 0.25) is 0 Å². The molecule has 3 rings (SSSR count). The van der Waals surface area contributed by atoms with Gasteiger partial charge in [-0.25, -0.2) is 0 Å². The average molecular weight is 324 g/mol. The Bertz CT molecular complexity index is 725. The molecule has 1 unspecified atom stereocenters. The van der Waals surface area contributed by atoms with Crippen LogP contribution in [-0.2, 0) is 6.42 Å². The Balaban J connectivity index is 1.82. The van der Waals surface area contributed by atoms with E-state index in [4.69, 9.17) is 10.5 Å². The summed E-state index contributed by atoms with van der Waals surface area (Å²) in [7, 11) is 0. The molecule has 0 saturated heterocycles. The first kappa shape index (κ1) is 16.4. The number of anilines is 2. The number of hydrogen-bond donors (Lipinski definition) is 1. The first-order chi connectivity index (χ1) is 11.6. The van der Waals surface area contributed by atoms with Gasteiger partial charge in [0.2, 0.25) is 0 Å². The Morgan fingerprint density at radius 2 is 2.00 bits per heavy atom. The fourth-order valence-corrected chi connectivity index (χ4v) is 3.01. The molecule has 0 radical (unpaired) electrons. The first-order valence-electron chi connectivity index (χ1n) is 8.56. The van der Waals surface area contributed by atoms with Crippen molar-refractivity contribution in [1.82, 2.24) is 0 Å². The second kappa shape index (κ2) is 6.95. The predicted molar refractivity (Wildman–Crippen MR) is 97.7 cm³/mol. The maximum absolute atomic E-state index is 12.9. The minimum atomic E-state index is 0.0108. The summed E-state index contributed by atoms with van der Waals surface area (Å²) in [5.74, 6) is 0.806. The average Bonchev–Trinajstić information content (AvgIpc) is 2.61. The summed E-state index contributed by atoms with van der Waals surface area (Å²) in [6.45, 7) is 4.84. The van der Waals surface area contributed by atoms with Crippen LogP contribution in [0.3, 0.4) is 0 Å². The molecule has 1 amide bonds. The van der Waals surface area contributed by atoms with Gasteiger partial charge in [-0.05, 0) is 68.1 Å². The van der Waals surface area contributed by atoms with Crippen molar-refractivity contribution < 1.29 is 9.53 Å². The Kier molecular flexibility index (Phi) is 4.74. The highest BCUT2D eigenvalue weighted by Gasteiger charge is 2.24. The van der Waals surface area contributed by atoms with Gasteiger partial charge in [-0.3, -0.25) is 4.79 Å². The zero-order valence-corrected chi connectivity index (χ0v) is 14.3. The van der Waals surface area contributed by atoms with E-state index in [1.165, 1.54) is 0 Å². The molecule has 0 bridgehead atoms. The summed E-state index contributed by atoms with van der Waals surface area (Å²) >= 11 is 0. The second-order valence-electron chi connectivity index (χ2n) is 6.27. The number of hydrogen-bond acceptors (Lipinski definition) is 3. The Morgan fingerprint density at radius 3 is 2.71 bits per heavy atom. The molecule has 4 nitrogen and oxygen atoms in total. The molecule has 0 aliphatic carbocycles. The van der Waals surface area contributed by atoms with Crippen molar-refractivity contribution in [2.24, 2.45) is 0 Å². The lowest BCUT2D eigenvalue weighted by Crippen LogP contribution is -2.35. The van der Waals surface area contributed by atoms with Crippen molar-refractivity contribution in [3.63, 3.8) is 0 Å². The van der Waals surface area contributed by atoms with Crippen molar-refractivity contribution in [3.05, 3.63) is 53.6 Å². The zero-order valence-electron chi connectivity index (χ0n) is 14.3. The number of amides is 1. The van der Waals surface area contributed by atoms with Crippen LogP contribution in [-0.4, -0.2) is 18.6 Å². The first-order valence-corrected chi connectivity index (χ1v) is 8.56. The van der Waals surface area contributed by atoms with Crippen LogP contribution >= 0.6 is 0 Å². The molecular weight excluding hydrogens is 300 g/mol. The highest BCUT2D eigenvalue weighted by molar-refractivity contribution is 6.07. The van der Waals surface area contributed by atoms with Crippen molar-refractivity contribution in [1.29, 1.82) is 0 Å². The number of benzene rings is 2. The summed E-state index contributed by atoms with van der Waals surface area (Å²) in [5, 5.41) is 0. The van der Waals surface area contributed by atoms with E-state index in [2.05, 4.69) is 6.92 Å². The molecule has 4 heteroatoms. The normalized spacial score (nSPS) is 14.8. The van der Waals surface area contributed by atoms with E-state index in [1.54, 1.807) is 0 Å². The fraction of sp³-hybridized carbons (Fsp3) is 0.350. The molecule has 0 saturated carbocycles. The number of fused-ring (bicyclic) bond motifs is 1. The molecule has 24 heavy (non-hydrogen) atoms. The van der Waals surface area contributed by atoms with Crippen LogP contribution in [0.15, 0.2) is 42.5 Å². The van der Waals surface area contributed by atoms with Crippen molar-refractivity contribution in [2.75, 3.05) is 17.2 Å². The van der Waals surface area contributed by atoms with E-state index in [0.717, 1.165) is 48.5 Å². The Hall–Kier alpha value is -2.49. The summed E-state index contributed by atoms with van der Waals surface area (Å²) < 4.78 is 5.77. The van der Waals surface area contributed by atoms with E-state index in [0.29, 0.717) is 5.56 Å². The standard InChI is InChI=1S/C20H24N2O2/c1-3-14(2)24-16-11-9-15(10-12-16)20(23)22-13-5-6-17-18(21)7-4-8-19(17)22/h4,7-12,14H,3,5-6,13,21H2,1-2H3. The SMILES string of the molecule is CCC(C)Oc1ccc(C(=O)N2CCCc3c(N)cccc32)cc1. The van der Waals surface area contributed by atoms with Crippen molar-refractivity contribution in [2.45, 2.75) is 39.2 Å². The summed E-state index contributed by atoms with van der Waals surface area (Å²) in [6, 6.07) is 13.2. The molecule has 2 aromatic rings. The molecule has 1 heterocycles. The monoisotopic (exact) mass is 324 g/mol. The van der Waals surface area contributed by atoms with E-state index >= 15 is 0 Å². The lowest BCUT2D eigenvalue weighted by atomic mass is 9.99. The smallest absolute Gasteiger partial charge is 0.258 e. The number of carbonyl (C=O) groups is 1. The Labute approximate surface area is 143 Å². The minimum absolute atomic E-state index is 0.0108. The molecule has 2 aromatic carbocycles. The lowest BCUT2D eigenvalue weighted by molar-refractivity contribution is 0.0985. The lowest BCUT2D eigenvalue weighted by Gasteiger charge is -2.30. The maximum atomic E-state index is 12.9. The highest BCUT2D eigenvalue weighted by atomic mass is 16.5. The van der Waals surface area contributed by atoms with Gasteiger partial charge in [0, 0.05) is 23.5 Å². The topological polar surface area (TPSA) is 55.6 Å². The number of nitrogens with zero attached hydrogens (tertiary/aromatic N) is 1. The van der Waals surface area contributed by atoms with E-state index in [1.807, 2.05) is 54.3 Å². The van der Waals surface area contributed by atoms with Gasteiger partial charge in [-0.2, -0.15) is 0 Å².